The summed E-state index contributed by atoms with van der Waals surface area (Å²) in [5.41, 5.74) is 2.64. The van der Waals surface area contributed by atoms with Crippen LogP contribution in [0.25, 0.3) is 0 Å². The Labute approximate surface area is 188 Å². The fourth-order valence-electron chi connectivity index (χ4n) is 5.79. The molecule has 166 valence electrons. The van der Waals surface area contributed by atoms with Gasteiger partial charge in [-0.3, -0.25) is 4.79 Å². The molecule has 2 aromatic carbocycles. The van der Waals surface area contributed by atoms with E-state index in [0.717, 1.165) is 43.4 Å². The van der Waals surface area contributed by atoms with Gasteiger partial charge in [0.25, 0.3) is 0 Å². The number of rotatable bonds is 7. The minimum atomic E-state index is 0.0563. The van der Waals surface area contributed by atoms with Gasteiger partial charge in [-0.15, -0.1) is 0 Å². The van der Waals surface area contributed by atoms with Crippen molar-refractivity contribution >= 4 is 5.91 Å². The fraction of sp³-hybridized carbons (Fsp3) is 0.536. The van der Waals surface area contributed by atoms with Gasteiger partial charge in [0.15, 0.2) is 0 Å². The van der Waals surface area contributed by atoms with E-state index < -0.39 is 0 Å². The molecule has 0 radical (unpaired) electrons. The summed E-state index contributed by atoms with van der Waals surface area (Å²) in [6.45, 7) is 2.97. The average molecular weight is 420 g/mol. The molecular formula is C28H39N2O+. The molecular weight excluding hydrogens is 380 g/mol. The summed E-state index contributed by atoms with van der Waals surface area (Å²) in [7, 11) is 4.74. The number of likely N-dealkylation sites (tertiary alicyclic amines) is 1. The zero-order valence-electron chi connectivity index (χ0n) is 19.4. The van der Waals surface area contributed by atoms with Crippen LogP contribution in [0.1, 0.15) is 55.6 Å². The highest BCUT2D eigenvalue weighted by Crippen LogP contribution is 2.39. The van der Waals surface area contributed by atoms with Gasteiger partial charge in [-0.05, 0) is 29.9 Å². The van der Waals surface area contributed by atoms with Crippen LogP contribution in [0, 0.1) is 5.92 Å². The van der Waals surface area contributed by atoms with E-state index in [1.807, 2.05) is 0 Å². The number of hydrogen-bond donors (Lipinski definition) is 0. The molecule has 3 nitrogen and oxygen atoms in total. The number of likely N-dealkylation sites (N-methyl/N-ethyl adjacent to an activating group) is 1. The molecule has 0 bridgehead atoms. The number of benzene rings is 2. The molecule has 1 unspecified atom stereocenters. The molecule has 1 saturated carbocycles. The summed E-state index contributed by atoms with van der Waals surface area (Å²) in [6.07, 6.45) is 8.29. The molecule has 1 aliphatic heterocycles. The lowest BCUT2D eigenvalue weighted by Crippen LogP contribution is -2.55. The molecule has 3 heteroatoms. The summed E-state index contributed by atoms with van der Waals surface area (Å²) in [4.78, 5) is 15.9. The lowest BCUT2D eigenvalue weighted by molar-refractivity contribution is -0.916. The molecule has 2 aromatic rings. The predicted molar refractivity (Wildman–Crippen MR) is 128 cm³/mol. The van der Waals surface area contributed by atoms with Crippen LogP contribution in [0.4, 0.5) is 0 Å². The molecule has 2 aliphatic rings. The van der Waals surface area contributed by atoms with Gasteiger partial charge in [0.05, 0.1) is 32.6 Å². The third-order valence-electron chi connectivity index (χ3n) is 7.88. The Morgan fingerprint density at radius 3 is 2.10 bits per heavy atom. The average Bonchev–Trinajstić information content (AvgIpc) is 3.34. The maximum absolute atomic E-state index is 13.7. The highest BCUT2D eigenvalue weighted by molar-refractivity contribution is 5.84. The summed E-state index contributed by atoms with van der Waals surface area (Å²) < 4.78 is 1.04. The summed E-state index contributed by atoms with van der Waals surface area (Å²) >= 11 is 0. The lowest BCUT2D eigenvalue weighted by atomic mass is 9.83. The van der Waals surface area contributed by atoms with Gasteiger partial charge < -0.3 is 9.38 Å². The van der Waals surface area contributed by atoms with E-state index in [1.54, 1.807) is 0 Å². The van der Waals surface area contributed by atoms with Crippen LogP contribution in [-0.2, 0) is 11.2 Å². The Kier molecular flexibility index (Phi) is 7.12. The van der Waals surface area contributed by atoms with E-state index in [0.29, 0.717) is 17.9 Å². The minimum Gasteiger partial charge on any atom is -0.342 e. The van der Waals surface area contributed by atoms with Crippen molar-refractivity contribution in [2.45, 2.75) is 56.9 Å². The summed E-state index contributed by atoms with van der Waals surface area (Å²) in [5.74, 6) is 0.956. The summed E-state index contributed by atoms with van der Waals surface area (Å²) in [6, 6.07) is 22.0. The first kappa shape index (κ1) is 22.1. The maximum atomic E-state index is 13.7. The van der Waals surface area contributed by atoms with Crippen LogP contribution in [0.5, 0.6) is 0 Å². The van der Waals surface area contributed by atoms with Crippen molar-refractivity contribution in [1.29, 1.82) is 0 Å². The second kappa shape index (κ2) is 9.99. The first-order valence-electron chi connectivity index (χ1n) is 12.2. The van der Waals surface area contributed by atoms with Gasteiger partial charge >= 0.3 is 0 Å². The first-order chi connectivity index (χ1) is 15.0. The topological polar surface area (TPSA) is 20.3 Å². The van der Waals surface area contributed by atoms with Gasteiger partial charge in [-0.25, -0.2) is 0 Å². The molecule has 31 heavy (non-hydrogen) atoms. The van der Waals surface area contributed by atoms with Crippen LogP contribution in [0.2, 0.25) is 0 Å². The smallest absolute Gasteiger partial charge is 0.230 e. The second-order valence-corrected chi connectivity index (χ2v) is 10.2. The lowest BCUT2D eigenvalue weighted by Gasteiger charge is -2.43. The number of piperidine rings is 1. The molecule has 1 saturated heterocycles. The number of nitrogens with zero attached hydrogens (tertiary/aromatic N) is 2. The van der Waals surface area contributed by atoms with E-state index in [1.165, 1.54) is 36.8 Å². The van der Waals surface area contributed by atoms with Gasteiger partial charge in [-0.1, -0.05) is 73.5 Å². The van der Waals surface area contributed by atoms with Gasteiger partial charge in [0.2, 0.25) is 5.91 Å². The Morgan fingerprint density at radius 2 is 1.48 bits per heavy atom. The van der Waals surface area contributed by atoms with Crippen LogP contribution in [0.3, 0.4) is 0 Å². The van der Waals surface area contributed by atoms with E-state index in [4.69, 9.17) is 0 Å². The van der Waals surface area contributed by atoms with E-state index in [-0.39, 0.29) is 5.92 Å². The molecule has 0 N–H and O–H groups in total. The molecule has 1 aliphatic carbocycles. The predicted octanol–water partition coefficient (Wildman–Crippen LogP) is 5.27. The van der Waals surface area contributed by atoms with Crippen molar-refractivity contribution in [2.75, 3.05) is 33.7 Å². The molecule has 0 aromatic heterocycles. The third-order valence-corrected chi connectivity index (χ3v) is 7.88. The van der Waals surface area contributed by atoms with E-state index >= 15 is 0 Å². The SMILES string of the molecule is C[N+](C)(CCc1ccccc1)C1CCN(C(=O)C(c2ccccc2)C2CCCC2)CC1. The van der Waals surface area contributed by atoms with E-state index in [9.17, 15) is 4.79 Å². The largest absolute Gasteiger partial charge is 0.342 e. The molecule has 0 spiro atoms. The van der Waals surface area contributed by atoms with Gasteiger partial charge in [0, 0.05) is 32.4 Å². The Hall–Kier alpha value is -2.13. The summed E-state index contributed by atoms with van der Waals surface area (Å²) in [5, 5.41) is 0. The Morgan fingerprint density at radius 1 is 0.903 bits per heavy atom. The zero-order valence-corrected chi connectivity index (χ0v) is 19.4. The van der Waals surface area contributed by atoms with Crippen LogP contribution in [-0.4, -0.2) is 55.1 Å². The maximum Gasteiger partial charge on any atom is 0.230 e. The number of quaternary nitrogens is 1. The van der Waals surface area contributed by atoms with E-state index in [2.05, 4.69) is 79.7 Å². The van der Waals surface area contributed by atoms with Gasteiger partial charge in [-0.2, -0.15) is 0 Å². The molecule has 1 atom stereocenters. The molecule has 1 amide bonds. The molecule has 1 heterocycles. The molecule has 4 rings (SSSR count). The monoisotopic (exact) mass is 419 g/mol. The zero-order chi connectivity index (χ0) is 21.7. The Bertz CT molecular complexity index is 819. The first-order valence-corrected chi connectivity index (χ1v) is 12.2. The number of carbonyl (C=O) groups excluding carboxylic acids is 1. The number of hydrogen-bond acceptors (Lipinski definition) is 1. The third kappa shape index (κ3) is 5.38. The Balaban J connectivity index is 1.37. The van der Waals surface area contributed by atoms with Crippen LogP contribution < -0.4 is 0 Å². The highest BCUT2D eigenvalue weighted by Gasteiger charge is 2.38. The normalized spacial score (nSPS) is 19.5. The standard InChI is InChI=1S/C28H39N2O/c1-30(2,22-19-23-11-5-3-6-12-23)26-17-20-29(21-18-26)28(31)27(25-15-9-10-16-25)24-13-7-4-8-14-24/h3-8,11-14,25-27H,9-10,15-22H2,1-2H3/q+1. The minimum absolute atomic E-state index is 0.0563. The van der Waals surface area contributed by atoms with Crippen LogP contribution >= 0.6 is 0 Å². The van der Waals surface area contributed by atoms with Crippen molar-refractivity contribution in [1.82, 2.24) is 4.90 Å². The quantitative estimate of drug-likeness (QED) is 0.560. The van der Waals surface area contributed by atoms with Crippen molar-refractivity contribution in [2.24, 2.45) is 5.92 Å². The number of amides is 1. The van der Waals surface area contributed by atoms with Crippen molar-refractivity contribution < 1.29 is 9.28 Å². The fourth-order valence-corrected chi connectivity index (χ4v) is 5.79. The van der Waals surface area contributed by atoms with Crippen molar-refractivity contribution in [3.05, 3.63) is 71.8 Å². The van der Waals surface area contributed by atoms with Crippen molar-refractivity contribution in [3.8, 4) is 0 Å². The van der Waals surface area contributed by atoms with Gasteiger partial charge in [0.1, 0.15) is 0 Å². The molecule has 2 fully saturated rings. The second-order valence-electron chi connectivity index (χ2n) is 10.2. The number of carbonyl (C=O) groups is 1. The van der Waals surface area contributed by atoms with Crippen molar-refractivity contribution in [3.63, 3.8) is 0 Å². The van der Waals surface area contributed by atoms with Crippen LogP contribution in [0.15, 0.2) is 60.7 Å². The highest BCUT2D eigenvalue weighted by atomic mass is 16.2.